The van der Waals surface area contributed by atoms with Crippen LogP contribution >= 0.6 is 31.9 Å². The van der Waals surface area contributed by atoms with Crippen molar-refractivity contribution in [3.05, 3.63) is 56.5 Å². The fourth-order valence-corrected chi connectivity index (χ4v) is 3.11. The highest BCUT2D eigenvalue weighted by atomic mass is 79.9. The van der Waals surface area contributed by atoms with Crippen molar-refractivity contribution in [2.75, 3.05) is 10.9 Å². The maximum Gasteiger partial charge on any atom is 0.0562 e. The zero-order valence-electron chi connectivity index (χ0n) is 10.2. The number of nitrogens with one attached hydrogen (secondary N) is 2. The van der Waals surface area contributed by atoms with Crippen molar-refractivity contribution in [3.63, 3.8) is 0 Å². The zero-order valence-corrected chi connectivity index (χ0v) is 13.4. The molecule has 0 aliphatic heterocycles. The van der Waals surface area contributed by atoms with Crippen LogP contribution in [0.25, 0.3) is 0 Å². The number of rotatable bonds is 3. The summed E-state index contributed by atoms with van der Waals surface area (Å²) in [5, 5.41) is 0. The number of hydrazine groups is 1. The molecule has 2 N–H and O–H groups in total. The van der Waals surface area contributed by atoms with E-state index in [0.717, 1.165) is 20.3 Å². The summed E-state index contributed by atoms with van der Waals surface area (Å²) in [5.74, 6) is 0. The molecule has 94 valence electrons. The fourth-order valence-electron chi connectivity index (χ4n) is 1.82. The van der Waals surface area contributed by atoms with Crippen LogP contribution < -0.4 is 10.9 Å². The minimum atomic E-state index is 0.996. The third kappa shape index (κ3) is 3.75. The average molecular weight is 370 g/mol. The molecule has 2 aromatic carbocycles. The van der Waals surface area contributed by atoms with Crippen molar-refractivity contribution in [1.29, 1.82) is 0 Å². The smallest absolute Gasteiger partial charge is 0.0562 e. The molecular weight excluding hydrogens is 356 g/mol. The summed E-state index contributed by atoms with van der Waals surface area (Å²) in [6, 6.07) is 12.4. The van der Waals surface area contributed by atoms with Gasteiger partial charge in [-0.25, -0.2) is 0 Å². The zero-order chi connectivity index (χ0) is 13.1. The van der Waals surface area contributed by atoms with Crippen LogP contribution in [-0.2, 0) is 0 Å². The molecule has 0 amide bonds. The second kappa shape index (κ2) is 5.76. The first-order valence-electron chi connectivity index (χ1n) is 5.59. The Hall–Kier alpha value is -1.000. The number of aryl methyl sites for hydroxylation is 2. The second-order valence-electron chi connectivity index (χ2n) is 4.28. The molecule has 0 aromatic heterocycles. The van der Waals surface area contributed by atoms with Gasteiger partial charge >= 0.3 is 0 Å². The van der Waals surface area contributed by atoms with Gasteiger partial charge in [-0.3, -0.25) is 0 Å². The summed E-state index contributed by atoms with van der Waals surface area (Å²) in [6.07, 6.45) is 0. The molecule has 0 saturated heterocycles. The van der Waals surface area contributed by atoms with Gasteiger partial charge in [0.2, 0.25) is 0 Å². The molecule has 2 aromatic rings. The Kier molecular flexibility index (Phi) is 4.30. The van der Waals surface area contributed by atoms with E-state index in [4.69, 9.17) is 0 Å². The number of hydrogen-bond acceptors (Lipinski definition) is 2. The summed E-state index contributed by atoms with van der Waals surface area (Å²) in [7, 11) is 0. The Balaban J connectivity index is 2.11. The molecule has 0 heterocycles. The standard InChI is InChI=1S/C14H14Br2N2/c1-9-3-10(2)5-13(4-9)17-18-14-7-11(15)6-12(16)8-14/h3-8,17-18H,1-2H3. The van der Waals surface area contributed by atoms with Gasteiger partial charge in [0.1, 0.15) is 0 Å². The summed E-state index contributed by atoms with van der Waals surface area (Å²) >= 11 is 6.93. The lowest BCUT2D eigenvalue weighted by Gasteiger charge is -2.12. The van der Waals surface area contributed by atoms with E-state index < -0.39 is 0 Å². The average Bonchev–Trinajstić information content (AvgIpc) is 2.23. The summed E-state index contributed by atoms with van der Waals surface area (Å²) in [5.41, 5.74) is 10.9. The Labute approximate surface area is 124 Å². The Morgan fingerprint density at radius 1 is 0.667 bits per heavy atom. The largest absolute Gasteiger partial charge is 0.301 e. The molecule has 0 spiro atoms. The predicted octanol–water partition coefficient (Wildman–Crippen LogP) is 5.27. The van der Waals surface area contributed by atoms with Crippen molar-refractivity contribution in [2.45, 2.75) is 13.8 Å². The lowest BCUT2D eigenvalue weighted by atomic mass is 10.1. The van der Waals surface area contributed by atoms with Gasteiger partial charge in [-0.1, -0.05) is 37.9 Å². The van der Waals surface area contributed by atoms with Gasteiger partial charge in [0, 0.05) is 8.95 Å². The van der Waals surface area contributed by atoms with Gasteiger partial charge in [-0.15, -0.1) is 0 Å². The number of hydrogen-bond donors (Lipinski definition) is 2. The molecule has 0 bridgehead atoms. The highest BCUT2D eigenvalue weighted by molar-refractivity contribution is 9.11. The summed E-state index contributed by atoms with van der Waals surface area (Å²) in [4.78, 5) is 0. The Morgan fingerprint density at radius 3 is 1.61 bits per heavy atom. The molecule has 2 rings (SSSR count). The van der Waals surface area contributed by atoms with E-state index >= 15 is 0 Å². The molecule has 0 atom stereocenters. The molecule has 0 unspecified atom stereocenters. The molecule has 0 fully saturated rings. The van der Waals surface area contributed by atoms with Crippen molar-refractivity contribution in [3.8, 4) is 0 Å². The quantitative estimate of drug-likeness (QED) is 0.720. The molecule has 4 heteroatoms. The highest BCUT2D eigenvalue weighted by Gasteiger charge is 1.98. The summed E-state index contributed by atoms with van der Waals surface area (Å²) in [6.45, 7) is 4.18. The van der Waals surface area contributed by atoms with E-state index in [1.165, 1.54) is 11.1 Å². The van der Waals surface area contributed by atoms with Crippen LogP contribution in [0.5, 0.6) is 0 Å². The van der Waals surface area contributed by atoms with E-state index in [1.54, 1.807) is 0 Å². The molecule has 0 saturated carbocycles. The van der Waals surface area contributed by atoms with E-state index in [1.807, 2.05) is 18.2 Å². The second-order valence-corrected chi connectivity index (χ2v) is 6.12. The first kappa shape index (κ1) is 13.4. The van der Waals surface area contributed by atoms with Crippen LogP contribution in [0.1, 0.15) is 11.1 Å². The van der Waals surface area contributed by atoms with E-state index in [-0.39, 0.29) is 0 Å². The van der Waals surface area contributed by atoms with E-state index in [2.05, 4.69) is 74.8 Å². The van der Waals surface area contributed by atoms with Gasteiger partial charge in [0.05, 0.1) is 11.4 Å². The summed E-state index contributed by atoms with van der Waals surface area (Å²) < 4.78 is 2.06. The Bertz CT molecular complexity index is 476. The topological polar surface area (TPSA) is 24.1 Å². The molecule has 0 aliphatic rings. The van der Waals surface area contributed by atoms with Crippen LogP contribution in [0, 0.1) is 13.8 Å². The lowest BCUT2D eigenvalue weighted by Crippen LogP contribution is -2.08. The van der Waals surface area contributed by atoms with E-state index in [0.29, 0.717) is 0 Å². The Morgan fingerprint density at radius 2 is 1.11 bits per heavy atom. The maximum atomic E-state index is 3.46. The molecule has 18 heavy (non-hydrogen) atoms. The lowest BCUT2D eigenvalue weighted by molar-refractivity contribution is 1.34. The SMILES string of the molecule is Cc1cc(C)cc(NNc2cc(Br)cc(Br)c2)c1. The normalized spacial score (nSPS) is 10.2. The van der Waals surface area contributed by atoms with Gasteiger partial charge in [-0.2, -0.15) is 0 Å². The van der Waals surface area contributed by atoms with E-state index in [9.17, 15) is 0 Å². The van der Waals surface area contributed by atoms with Gasteiger partial charge in [0.25, 0.3) is 0 Å². The molecular formula is C14H14Br2N2. The third-order valence-electron chi connectivity index (χ3n) is 2.44. The van der Waals surface area contributed by atoms with Gasteiger partial charge < -0.3 is 10.9 Å². The monoisotopic (exact) mass is 368 g/mol. The van der Waals surface area contributed by atoms with Crippen LogP contribution in [0.3, 0.4) is 0 Å². The maximum absolute atomic E-state index is 3.46. The van der Waals surface area contributed by atoms with Crippen molar-refractivity contribution < 1.29 is 0 Å². The predicted molar refractivity (Wildman–Crippen MR) is 85.0 cm³/mol. The first-order chi connectivity index (χ1) is 8.52. The van der Waals surface area contributed by atoms with Gasteiger partial charge in [-0.05, 0) is 55.3 Å². The fraction of sp³-hybridized carbons (Fsp3) is 0.143. The molecule has 2 nitrogen and oxygen atoms in total. The van der Waals surface area contributed by atoms with Crippen molar-refractivity contribution in [2.24, 2.45) is 0 Å². The molecule has 0 aliphatic carbocycles. The first-order valence-corrected chi connectivity index (χ1v) is 7.18. The van der Waals surface area contributed by atoms with Gasteiger partial charge in [0.15, 0.2) is 0 Å². The number of anilines is 2. The minimum Gasteiger partial charge on any atom is -0.301 e. The third-order valence-corrected chi connectivity index (χ3v) is 3.35. The van der Waals surface area contributed by atoms with Crippen LogP contribution in [0.15, 0.2) is 45.3 Å². The van der Waals surface area contributed by atoms with Crippen molar-refractivity contribution >= 4 is 43.2 Å². The highest BCUT2D eigenvalue weighted by Crippen LogP contribution is 2.23. The minimum absolute atomic E-state index is 0.996. The number of halogens is 2. The van der Waals surface area contributed by atoms with Crippen molar-refractivity contribution in [1.82, 2.24) is 0 Å². The van der Waals surface area contributed by atoms with Crippen LogP contribution in [-0.4, -0.2) is 0 Å². The van der Waals surface area contributed by atoms with Crippen LogP contribution in [0.4, 0.5) is 11.4 Å². The van der Waals surface area contributed by atoms with Crippen LogP contribution in [0.2, 0.25) is 0 Å². The molecule has 0 radical (unpaired) electrons. The number of benzene rings is 2.